The minimum Gasteiger partial charge on any atom is -0.452 e. The van der Waals surface area contributed by atoms with E-state index < -0.39 is 23.4 Å². The zero-order valence-corrected chi connectivity index (χ0v) is 14.7. The molecule has 9 heteroatoms. The Morgan fingerprint density at radius 2 is 1.92 bits per heavy atom. The molecular weight excluding hydrogens is 383 g/mol. The molecule has 0 heterocycles. The van der Waals surface area contributed by atoms with E-state index in [9.17, 15) is 19.7 Å². The molecular formula is C17H12Cl2N2O5. The number of carbonyl (C=O) groups is 2. The number of benzene rings is 2. The molecule has 0 unspecified atom stereocenters. The maximum atomic E-state index is 11.8. The van der Waals surface area contributed by atoms with Gasteiger partial charge in [-0.25, -0.2) is 4.79 Å². The second-order valence-corrected chi connectivity index (χ2v) is 5.77. The summed E-state index contributed by atoms with van der Waals surface area (Å²) in [4.78, 5) is 33.8. The molecule has 0 spiro atoms. The Morgan fingerprint density at radius 3 is 2.62 bits per heavy atom. The van der Waals surface area contributed by atoms with E-state index in [2.05, 4.69) is 5.32 Å². The van der Waals surface area contributed by atoms with Crippen LogP contribution in [0.4, 0.5) is 11.4 Å². The number of esters is 1. The Balaban J connectivity index is 1.90. The molecule has 0 aromatic heterocycles. The lowest BCUT2D eigenvalue weighted by atomic mass is 10.1. The van der Waals surface area contributed by atoms with Gasteiger partial charge in [0.1, 0.15) is 0 Å². The van der Waals surface area contributed by atoms with Crippen molar-refractivity contribution in [2.24, 2.45) is 0 Å². The summed E-state index contributed by atoms with van der Waals surface area (Å²) < 4.78 is 4.78. The molecule has 2 aromatic carbocycles. The van der Waals surface area contributed by atoms with Crippen molar-refractivity contribution in [2.75, 3.05) is 11.9 Å². The molecule has 0 fully saturated rings. The van der Waals surface area contributed by atoms with E-state index in [0.717, 1.165) is 6.08 Å². The molecule has 2 aromatic rings. The molecule has 0 saturated heterocycles. The van der Waals surface area contributed by atoms with E-state index in [1.165, 1.54) is 36.4 Å². The smallest absolute Gasteiger partial charge is 0.331 e. The summed E-state index contributed by atoms with van der Waals surface area (Å²) in [5, 5.41) is 14.0. The first-order chi connectivity index (χ1) is 12.4. The minimum absolute atomic E-state index is 0.147. The summed E-state index contributed by atoms with van der Waals surface area (Å²) in [6, 6.07) is 10.4. The van der Waals surface area contributed by atoms with Crippen molar-refractivity contribution in [3.63, 3.8) is 0 Å². The summed E-state index contributed by atoms with van der Waals surface area (Å²) in [5.41, 5.74) is 0.422. The van der Waals surface area contributed by atoms with Crippen molar-refractivity contribution in [3.05, 3.63) is 74.3 Å². The zero-order valence-electron chi connectivity index (χ0n) is 13.1. The van der Waals surface area contributed by atoms with Gasteiger partial charge in [-0.05, 0) is 30.3 Å². The van der Waals surface area contributed by atoms with Crippen molar-refractivity contribution in [3.8, 4) is 0 Å². The van der Waals surface area contributed by atoms with E-state index in [-0.39, 0.29) is 16.3 Å². The van der Waals surface area contributed by atoms with Crippen LogP contribution in [0.3, 0.4) is 0 Å². The number of nitrogens with one attached hydrogen (secondary N) is 1. The zero-order chi connectivity index (χ0) is 19.1. The first-order valence-electron chi connectivity index (χ1n) is 7.20. The van der Waals surface area contributed by atoms with Gasteiger partial charge in [0.25, 0.3) is 11.6 Å². The second kappa shape index (κ2) is 8.98. The second-order valence-electron chi connectivity index (χ2n) is 4.93. The van der Waals surface area contributed by atoms with Crippen LogP contribution in [0, 0.1) is 10.1 Å². The number of hydrogen-bond acceptors (Lipinski definition) is 5. The summed E-state index contributed by atoms with van der Waals surface area (Å²) in [6.45, 7) is -0.543. The lowest BCUT2D eigenvalue weighted by molar-refractivity contribution is -0.385. The third kappa shape index (κ3) is 5.58. The minimum atomic E-state index is -0.819. The number of nitro benzene ring substituents is 1. The number of nitrogens with zero attached hydrogens (tertiary/aromatic N) is 1. The highest BCUT2D eigenvalue weighted by Crippen LogP contribution is 2.25. The van der Waals surface area contributed by atoms with Gasteiger partial charge in [0.15, 0.2) is 6.61 Å². The molecule has 0 atom stereocenters. The Kier molecular flexibility index (Phi) is 6.71. The molecule has 134 valence electrons. The van der Waals surface area contributed by atoms with Crippen molar-refractivity contribution in [1.29, 1.82) is 0 Å². The number of carbonyl (C=O) groups excluding carboxylic acids is 2. The third-order valence-corrected chi connectivity index (χ3v) is 3.63. The Morgan fingerprint density at radius 1 is 1.19 bits per heavy atom. The van der Waals surface area contributed by atoms with Gasteiger partial charge in [0, 0.05) is 17.2 Å². The SMILES string of the molecule is O=C(COC(=O)/C=C/c1ccccc1[N+](=O)[O-])Nc1ccc(Cl)cc1Cl. The van der Waals surface area contributed by atoms with Crippen LogP contribution < -0.4 is 5.32 Å². The van der Waals surface area contributed by atoms with Crippen molar-refractivity contribution < 1.29 is 19.2 Å². The number of ether oxygens (including phenoxy) is 1. The van der Waals surface area contributed by atoms with Crippen molar-refractivity contribution in [2.45, 2.75) is 0 Å². The third-order valence-electron chi connectivity index (χ3n) is 3.08. The van der Waals surface area contributed by atoms with Crippen LogP contribution in [0.1, 0.15) is 5.56 Å². The van der Waals surface area contributed by atoms with Crippen LogP contribution in [0.5, 0.6) is 0 Å². The molecule has 0 aliphatic heterocycles. The summed E-state index contributed by atoms with van der Waals surface area (Å²) in [7, 11) is 0. The molecule has 26 heavy (non-hydrogen) atoms. The molecule has 1 amide bonds. The fraction of sp³-hybridized carbons (Fsp3) is 0.0588. The number of hydrogen-bond donors (Lipinski definition) is 1. The van der Waals surface area contributed by atoms with Crippen molar-refractivity contribution in [1.82, 2.24) is 0 Å². The Bertz CT molecular complexity index is 883. The van der Waals surface area contributed by atoms with Gasteiger partial charge in [-0.15, -0.1) is 0 Å². The highest BCUT2D eigenvalue weighted by Gasteiger charge is 2.11. The van der Waals surface area contributed by atoms with Gasteiger partial charge < -0.3 is 10.1 Å². The van der Waals surface area contributed by atoms with Gasteiger partial charge in [-0.3, -0.25) is 14.9 Å². The predicted octanol–water partition coefficient (Wildman–Crippen LogP) is 4.10. The summed E-state index contributed by atoms with van der Waals surface area (Å²) >= 11 is 11.7. The fourth-order valence-electron chi connectivity index (χ4n) is 1.91. The topological polar surface area (TPSA) is 98.5 Å². The Hall–Kier alpha value is -2.90. The van der Waals surface area contributed by atoms with E-state index in [4.69, 9.17) is 27.9 Å². The molecule has 1 N–H and O–H groups in total. The van der Waals surface area contributed by atoms with E-state index >= 15 is 0 Å². The molecule has 0 aliphatic carbocycles. The van der Waals surface area contributed by atoms with Crippen LogP contribution in [0.2, 0.25) is 10.0 Å². The molecule has 2 rings (SSSR count). The molecule has 7 nitrogen and oxygen atoms in total. The van der Waals surface area contributed by atoms with Crippen LogP contribution in [-0.4, -0.2) is 23.4 Å². The van der Waals surface area contributed by atoms with Crippen LogP contribution in [-0.2, 0) is 14.3 Å². The maximum absolute atomic E-state index is 11.8. The van der Waals surface area contributed by atoms with E-state index in [1.54, 1.807) is 12.1 Å². The standard InChI is InChI=1S/C17H12Cl2N2O5/c18-12-6-7-14(13(19)9-12)20-16(22)10-26-17(23)8-5-11-3-1-2-4-15(11)21(24)25/h1-9H,10H2,(H,20,22)/b8-5+. The largest absolute Gasteiger partial charge is 0.452 e. The molecule has 0 bridgehead atoms. The summed E-state index contributed by atoms with van der Waals surface area (Å²) in [5.74, 6) is -1.41. The van der Waals surface area contributed by atoms with Crippen LogP contribution in [0.25, 0.3) is 6.08 Å². The monoisotopic (exact) mass is 394 g/mol. The van der Waals surface area contributed by atoms with Gasteiger partial charge in [0.2, 0.25) is 0 Å². The van der Waals surface area contributed by atoms with Gasteiger partial charge in [-0.2, -0.15) is 0 Å². The molecule has 0 radical (unpaired) electrons. The predicted molar refractivity (Wildman–Crippen MR) is 98.2 cm³/mol. The fourth-order valence-corrected chi connectivity index (χ4v) is 2.37. The molecule has 0 aliphatic rings. The first-order valence-corrected chi connectivity index (χ1v) is 7.95. The normalized spacial score (nSPS) is 10.5. The van der Waals surface area contributed by atoms with Gasteiger partial charge in [0.05, 0.1) is 21.2 Å². The summed E-state index contributed by atoms with van der Waals surface area (Å²) in [6.07, 6.45) is 2.25. The first kappa shape index (κ1) is 19.4. The quantitative estimate of drug-likeness (QED) is 0.344. The van der Waals surface area contributed by atoms with Crippen molar-refractivity contribution >= 4 is 52.5 Å². The average Bonchev–Trinajstić information content (AvgIpc) is 2.60. The van der Waals surface area contributed by atoms with Gasteiger partial charge >= 0.3 is 5.97 Å². The number of para-hydroxylation sites is 1. The molecule has 0 saturated carbocycles. The number of amides is 1. The van der Waals surface area contributed by atoms with E-state index in [0.29, 0.717) is 10.7 Å². The van der Waals surface area contributed by atoms with Gasteiger partial charge in [-0.1, -0.05) is 35.3 Å². The van der Waals surface area contributed by atoms with Crippen LogP contribution >= 0.6 is 23.2 Å². The number of rotatable bonds is 6. The van der Waals surface area contributed by atoms with E-state index in [1.807, 2.05) is 0 Å². The number of anilines is 1. The highest BCUT2D eigenvalue weighted by atomic mass is 35.5. The average molecular weight is 395 g/mol. The highest BCUT2D eigenvalue weighted by molar-refractivity contribution is 6.36. The van der Waals surface area contributed by atoms with Crippen LogP contribution in [0.15, 0.2) is 48.5 Å². The number of nitro groups is 1. The Labute approximate surface area is 158 Å². The number of halogens is 2. The lowest BCUT2D eigenvalue weighted by Crippen LogP contribution is -2.20. The maximum Gasteiger partial charge on any atom is 0.331 e. The lowest BCUT2D eigenvalue weighted by Gasteiger charge is -2.07.